The molecule has 0 amide bonds. The van der Waals surface area contributed by atoms with Crippen molar-refractivity contribution in [2.24, 2.45) is 0 Å². The lowest BCUT2D eigenvalue weighted by atomic mass is 10.0. The van der Waals surface area contributed by atoms with Gasteiger partial charge in [-0.05, 0) is 30.4 Å². The summed E-state index contributed by atoms with van der Waals surface area (Å²) in [5.41, 5.74) is 2.96. The highest BCUT2D eigenvalue weighted by Gasteiger charge is 1.93. The molecule has 1 rings (SSSR count). The van der Waals surface area contributed by atoms with Crippen molar-refractivity contribution < 1.29 is 0 Å². The number of hydrogen-bond donors (Lipinski definition) is 0. The molecule has 0 radical (unpaired) electrons. The van der Waals surface area contributed by atoms with Crippen LogP contribution >= 0.6 is 0 Å². The van der Waals surface area contributed by atoms with Crippen LogP contribution in [0.5, 0.6) is 0 Å². The van der Waals surface area contributed by atoms with Crippen LogP contribution in [-0.2, 0) is 12.8 Å². The van der Waals surface area contributed by atoms with Crippen LogP contribution in [0.3, 0.4) is 0 Å². The molecule has 0 atom stereocenters. The molecule has 0 nitrogen and oxygen atoms in total. The van der Waals surface area contributed by atoms with Crippen LogP contribution in [0.2, 0.25) is 0 Å². The maximum absolute atomic E-state index is 2.33. The van der Waals surface area contributed by atoms with E-state index < -0.39 is 0 Å². The highest BCUT2D eigenvalue weighted by molar-refractivity contribution is 5.23. The molecule has 0 fully saturated rings. The molecule has 0 spiro atoms. The van der Waals surface area contributed by atoms with Gasteiger partial charge in [-0.1, -0.05) is 58.4 Å². The van der Waals surface area contributed by atoms with Crippen molar-refractivity contribution in [1.29, 1.82) is 0 Å². The van der Waals surface area contributed by atoms with Gasteiger partial charge in [-0.2, -0.15) is 0 Å². The van der Waals surface area contributed by atoms with Crippen LogP contribution in [0, 0.1) is 0 Å². The van der Waals surface area contributed by atoms with Crippen molar-refractivity contribution in [2.45, 2.75) is 53.4 Å². The maximum atomic E-state index is 2.33. The van der Waals surface area contributed by atoms with Gasteiger partial charge >= 0.3 is 0 Å². The van der Waals surface area contributed by atoms with E-state index in [9.17, 15) is 0 Å². The van der Waals surface area contributed by atoms with E-state index in [1.165, 1.54) is 30.4 Å². The topological polar surface area (TPSA) is 0 Å². The zero-order valence-electron chi connectivity index (χ0n) is 10.1. The molecule has 0 heterocycles. The Hall–Kier alpha value is -0.780. The Morgan fingerprint density at radius 1 is 1.00 bits per heavy atom. The summed E-state index contributed by atoms with van der Waals surface area (Å²) in [7, 11) is 0. The molecule has 0 unspecified atom stereocenters. The molecule has 0 aliphatic carbocycles. The second-order valence-electron chi connectivity index (χ2n) is 3.28. The third-order valence-corrected chi connectivity index (χ3v) is 2.22. The summed E-state index contributed by atoms with van der Waals surface area (Å²) >= 11 is 0. The molecule has 0 aromatic heterocycles. The lowest BCUT2D eigenvalue weighted by molar-refractivity contribution is 0.794. The summed E-state index contributed by atoms with van der Waals surface area (Å²) in [5.74, 6) is 0. The van der Waals surface area contributed by atoms with E-state index in [4.69, 9.17) is 0 Å². The van der Waals surface area contributed by atoms with Crippen molar-refractivity contribution in [3.05, 3.63) is 35.4 Å². The molecule has 14 heavy (non-hydrogen) atoms. The predicted octanol–water partition coefficient (Wildman–Crippen LogP) is 4.62. The highest BCUT2D eigenvalue weighted by Crippen LogP contribution is 2.08. The molecule has 0 aliphatic heterocycles. The molecule has 1 aromatic carbocycles. The third-order valence-electron chi connectivity index (χ3n) is 2.22. The van der Waals surface area contributed by atoms with Gasteiger partial charge in [0.2, 0.25) is 0 Å². The predicted molar refractivity (Wildman–Crippen MR) is 65.8 cm³/mol. The molecule has 0 bridgehead atoms. The number of aryl methyl sites for hydroxylation is 2. The van der Waals surface area contributed by atoms with Crippen molar-refractivity contribution >= 4 is 0 Å². The van der Waals surface area contributed by atoms with E-state index in [0.717, 1.165) is 6.42 Å². The van der Waals surface area contributed by atoms with Crippen LogP contribution in [0.4, 0.5) is 0 Å². The van der Waals surface area contributed by atoms with Gasteiger partial charge in [0.15, 0.2) is 0 Å². The van der Waals surface area contributed by atoms with Gasteiger partial charge in [0, 0.05) is 0 Å². The number of hydrogen-bond acceptors (Lipinski definition) is 0. The Morgan fingerprint density at radius 2 is 1.64 bits per heavy atom. The SMILES string of the molecule is CC.CCCCc1cccc(CC)c1. The number of rotatable bonds is 4. The van der Waals surface area contributed by atoms with E-state index in [-0.39, 0.29) is 0 Å². The fraction of sp³-hybridized carbons (Fsp3) is 0.571. The second kappa shape index (κ2) is 8.80. The number of benzene rings is 1. The fourth-order valence-corrected chi connectivity index (χ4v) is 1.39. The average molecular weight is 192 g/mol. The summed E-state index contributed by atoms with van der Waals surface area (Å²) in [4.78, 5) is 0. The molecule has 0 saturated carbocycles. The summed E-state index contributed by atoms with van der Waals surface area (Å²) in [6, 6.07) is 8.93. The maximum Gasteiger partial charge on any atom is -0.0279 e. The normalized spacial score (nSPS) is 9.14. The van der Waals surface area contributed by atoms with Gasteiger partial charge in [-0.15, -0.1) is 0 Å². The Bertz CT molecular complexity index is 225. The summed E-state index contributed by atoms with van der Waals surface area (Å²) in [5, 5.41) is 0. The average Bonchev–Trinajstić information content (AvgIpc) is 2.29. The minimum atomic E-state index is 1.15. The molecular weight excluding hydrogens is 168 g/mol. The van der Waals surface area contributed by atoms with Gasteiger partial charge < -0.3 is 0 Å². The Balaban J connectivity index is 0.000000791. The van der Waals surface area contributed by atoms with E-state index in [0.29, 0.717) is 0 Å². The first-order valence-electron chi connectivity index (χ1n) is 5.94. The molecule has 1 aromatic rings. The lowest BCUT2D eigenvalue weighted by Crippen LogP contribution is -1.86. The molecule has 0 saturated heterocycles. The van der Waals surface area contributed by atoms with Gasteiger partial charge in [0.05, 0.1) is 0 Å². The van der Waals surface area contributed by atoms with Crippen molar-refractivity contribution in [2.75, 3.05) is 0 Å². The zero-order chi connectivity index (χ0) is 10.8. The lowest BCUT2D eigenvalue weighted by Gasteiger charge is -2.01. The van der Waals surface area contributed by atoms with Crippen molar-refractivity contribution in [3.63, 3.8) is 0 Å². The smallest absolute Gasteiger partial charge is 0.0279 e. The minimum absolute atomic E-state index is 1.15. The first kappa shape index (κ1) is 13.2. The Labute approximate surface area is 89.4 Å². The van der Waals surface area contributed by atoms with Gasteiger partial charge in [0.25, 0.3) is 0 Å². The molecule has 0 N–H and O–H groups in total. The highest BCUT2D eigenvalue weighted by atomic mass is 14.0. The second-order valence-corrected chi connectivity index (χ2v) is 3.28. The summed E-state index contributed by atoms with van der Waals surface area (Å²) in [6.07, 6.45) is 4.99. The van der Waals surface area contributed by atoms with Gasteiger partial charge in [-0.25, -0.2) is 0 Å². The standard InChI is InChI=1S/C12H18.C2H6/c1-3-5-7-12-9-6-8-11(4-2)10-12;1-2/h6,8-10H,3-5,7H2,1-2H3;1-2H3. The van der Waals surface area contributed by atoms with Crippen LogP contribution < -0.4 is 0 Å². The van der Waals surface area contributed by atoms with Gasteiger partial charge in [0.1, 0.15) is 0 Å². The van der Waals surface area contributed by atoms with Crippen molar-refractivity contribution in [1.82, 2.24) is 0 Å². The van der Waals surface area contributed by atoms with E-state index >= 15 is 0 Å². The van der Waals surface area contributed by atoms with Crippen LogP contribution in [0.15, 0.2) is 24.3 Å². The Kier molecular flexibility index (Phi) is 8.31. The van der Waals surface area contributed by atoms with Crippen molar-refractivity contribution in [3.8, 4) is 0 Å². The first-order valence-corrected chi connectivity index (χ1v) is 5.94. The summed E-state index contributed by atoms with van der Waals surface area (Å²) < 4.78 is 0. The quantitative estimate of drug-likeness (QED) is 0.653. The third kappa shape index (κ3) is 5.06. The monoisotopic (exact) mass is 192 g/mol. The van der Waals surface area contributed by atoms with Gasteiger partial charge in [-0.3, -0.25) is 0 Å². The molecule has 0 aliphatic rings. The molecular formula is C14H24. The van der Waals surface area contributed by atoms with E-state index in [1.807, 2.05) is 13.8 Å². The fourth-order valence-electron chi connectivity index (χ4n) is 1.39. The zero-order valence-corrected chi connectivity index (χ0v) is 10.1. The van der Waals surface area contributed by atoms with E-state index in [2.05, 4.69) is 38.1 Å². The minimum Gasteiger partial charge on any atom is -0.0683 e. The van der Waals surface area contributed by atoms with Crippen LogP contribution in [0.1, 0.15) is 51.7 Å². The number of unbranched alkanes of at least 4 members (excludes halogenated alkanes) is 1. The first-order chi connectivity index (χ1) is 6.86. The molecule has 0 heteroatoms. The van der Waals surface area contributed by atoms with Crippen LogP contribution in [-0.4, -0.2) is 0 Å². The molecule has 80 valence electrons. The summed E-state index contributed by atoms with van der Waals surface area (Å²) in [6.45, 7) is 8.45. The Morgan fingerprint density at radius 3 is 2.21 bits per heavy atom. The largest absolute Gasteiger partial charge is 0.0683 e. The van der Waals surface area contributed by atoms with E-state index in [1.54, 1.807) is 0 Å². The van der Waals surface area contributed by atoms with Crippen LogP contribution in [0.25, 0.3) is 0 Å².